The highest BCUT2D eigenvalue weighted by Gasteiger charge is 2.29. The van der Waals surface area contributed by atoms with Gasteiger partial charge < -0.3 is 10.1 Å². The Morgan fingerprint density at radius 3 is 2.74 bits per heavy atom. The number of hydrogen-bond acceptors (Lipinski definition) is 5. The summed E-state index contributed by atoms with van der Waals surface area (Å²) in [4.78, 5) is 15.5. The van der Waals surface area contributed by atoms with Crippen LogP contribution in [-0.2, 0) is 4.74 Å². The molecule has 1 aromatic heterocycles. The van der Waals surface area contributed by atoms with Gasteiger partial charge in [-0.1, -0.05) is 42.1 Å². The predicted molar refractivity (Wildman–Crippen MR) is 83.7 cm³/mol. The topological polar surface area (TPSA) is 51.2 Å². The lowest BCUT2D eigenvalue weighted by atomic mass is 10.2. The summed E-state index contributed by atoms with van der Waals surface area (Å²) in [7, 11) is 0. The number of carbonyl (C=O) groups is 1. The molecule has 0 aliphatic carbocycles. The number of carbonyl (C=O) groups excluding carboxylic acids is 1. The van der Waals surface area contributed by atoms with Gasteiger partial charge in [0.15, 0.2) is 10.9 Å². The second-order valence-corrected chi connectivity index (χ2v) is 6.53. The summed E-state index contributed by atoms with van der Waals surface area (Å²) in [6, 6.07) is 9.70. The Bertz CT molecular complexity index is 632. The fraction of sp³-hybridized carbons (Fsp3) is 0.286. The van der Waals surface area contributed by atoms with Crippen LogP contribution in [0.3, 0.4) is 0 Å². The number of thiazole rings is 1. The van der Waals surface area contributed by atoms with Crippen molar-refractivity contribution in [1.82, 2.24) is 10.3 Å². The third-order valence-electron chi connectivity index (χ3n) is 2.52. The maximum Gasteiger partial charge on any atom is 0.422 e. The van der Waals surface area contributed by atoms with E-state index in [1.807, 2.05) is 35.7 Å². The molecule has 2 rings (SSSR count). The molecule has 23 heavy (non-hydrogen) atoms. The van der Waals surface area contributed by atoms with E-state index in [0.29, 0.717) is 5.75 Å². The van der Waals surface area contributed by atoms with Crippen LogP contribution >= 0.6 is 23.1 Å². The number of benzene rings is 1. The summed E-state index contributed by atoms with van der Waals surface area (Å²) >= 11 is 2.89. The highest BCUT2D eigenvalue weighted by molar-refractivity contribution is 8.01. The molecule has 9 heteroatoms. The summed E-state index contributed by atoms with van der Waals surface area (Å²) in [5.41, 5.74) is 1.89. The van der Waals surface area contributed by atoms with E-state index in [-0.39, 0.29) is 6.54 Å². The zero-order valence-electron chi connectivity index (χ0n) is 11.8. The first-order valence-corrected chi connectivity index (χ1v) is 8.42. The van der Waals surface area contributed by atoms with Crippen molar-refractivity contribution in [3.63, 3.8) is 0 Å². The van der Waals surface area contributed by atoms with E-state index >= 15 is 0 Å². The molecule has 0 aliphatic heterocycles. The first-order chi connectivity index (χ1) is 10.9. The number of rotatable bonds is 6. The summed E-state index contributed by atoms with van der Waals surface area (Å²) in [5, 5.41) is 4.19. The number of alkyl halides is 3. The van der Waals surface area contributed by atoms with Crippen LogP contribution in [-0.4, -0.2) is 36.2 Å². The monoisotopic (exact) mass is 362 g/mol. The number of nitrogens with zero attached hydrogens (tertiary/aromatic N) is 1. The Balaban J connectivity index is 1.69. The summed E-state index contributed by atoms with van der Waals surface area (Å²) < 4.78 is 40.4. The molecule has 1 amide bonds. The summed E-state index contributed by atoms with van der Waals surface area (Å²) in [6.07, 6.45) is -5.59. The molecule has 0 spiro atoms. The molecule has 0 aliphatic rings. The minimum absolute atomic E-state index is 0.196. The number of aromatic nitrogens is 1. The second kappa shape index (κ2) is 8.21. The van der Waals surface area contributed by atoms with Gasteiger partial charge in [0.05, 0.1) is 5.69 Å². The van der Waals surface area contributed by atoms with Crippen LogP contribution in [0, 0.1) is 0 Å². The summed E-state index contributed by atoms with van der Waals surface area (Å²) in [6.45, 7) is -1.39. The average molecular weight is 362 g/mol. The lowest BCUT2D eigenvalue weighted by molar-refractivity contribution is -0.160. The SMILES string of the molecule is O=C(NCCSc1nc(-c2ccccc2)cs1)OCC(F)(F)F. The standard InChI is InChI=1S/C14H13F3N2O2S2/c15-14(16,17)9-21-12(20)18-6-7-22-13-19-11(8-23-13)10-4-2-1-3-5-10/h1-5,8H,6-7,9H2,(H,18,20). The molecule has 0 radical (unpaired) electrons. The lowest BCUT2D eigenvalue weighted by Crippen LogP contribution is -2.30. The quantitative estimate of drug-likeness (QED) is 0.618. The molecule has 2 aromatic rings. The number of thioether (sulfide) groups is 1. The van der Waals surface area contributed by atoms with Crippen molar-refractivity contribution in [2.75, 3.05) is 18.9 Å². The Labute approximate surface area is 139 Å². The molecule has 0 bridgehead atoms. The molecular formula is C14H13F3N2O2S2. The number of amides is 1. The minimum Gasteiger partial charge on any atom is -0.440 e. The maximum atomic E-state index is 11.9. The summed E-state index contributed by atoms with van der Waals surface area (Å²) in [5.74, 6) is 0.489. The molecule has 0 saturated heterocycles. The number of halogens is 3. The van der Waals surface area contributed by atoms with E-state index in [0.717, 1.165) is 15.6 Å². The van der Waals surface area contributed by atoms with Crippen LogP contribution < -0.4 is 5.32 Å². The van der Waals surface area contributed by atoms with Gasteiger partial charge in [0.1, 0.15) is 0 Å². The average Bonchev–Trinajstić information content (AvgIpc) is 2.99. The van der Waals surface area contributed by atoms with E-state index in [9.17, 15) is 18.0 Å². The van der Waals surface area contributed by atoms with Crippen LogP contribution in [0.15, 0.2) is 40.1 Å². The Morgan fingerprint density at radius 2 is 2.04 bits per heavy atom. The van der Waals surface area contributed by atoms with E-state index < -0.39 is 18.9 Å². The van der Waals surface area contributed by atoms with Gasteiger partial charge in [-0.25, -0.2) is 9.78 Å². The smallest absolute Gasteiger partial charge is 0.422 e. The molecule has 124 valence electrons. The van der Waals surface area contributed by atoms with Crippen LogP contribution in [0.1, 0.15) is 0 Å². The zero-order valence-corrected chi connectivity index (χ0v) is 13.4. The van der Waals surface area contributed by atoms with Crippen molar-refractivity contribution in [2.24, 2.45) is 0 Å². The van der Waals surface area contributed by atoms with E-state index in [1.54, 1.807) is 0 Å². The predicted octanol–water partition coefficient (Wildman–Crippen LogP) is 4.19. The van der Waals surface area contributed by atoms with E-state index in [2.05, 4.69) is 15.0 Å². The van der Waals surface area contributed by atoms with Crippen molar-refractivity contribution in [3.05, 3.63) is 35.7 Å². The molecule has 1 aromatic carbocycles. The van der Waals surface area contributed by atoms with Crippen molar-refractivity contribution in [1.29, 1.82) is 0 Å². The largest absolute Gasteiger partial charge is 0.440 e. The maximum absolute atomic E-state index is 11.9. The lowest BCUT2D eigenvalue weighted by Gasteiger charge is -2.08. The number of nitrogens with one attached hydrogen (secondary N) is 1. The van der Waals surface area contributed by atoms with Gasteiger partial charge >= 0.3 is 12.3 Å². The molecule has 1 heterocycles. The van der Waals surface area contributed by atoms with Gasteiger partial charge in [-0.05, 0) is 0 Å². The van der Waals surface area contributed by atoms with Crippen molar-refractivity contribution in [2.45, 2.75) is 10.5 Å². The van der Waals surface area contributed by atoms with Crippen LogP contribution in [0.4, 0.5) is 18.0 Å². The van der Waals surface area contributed by atoms with Gasteiger partial charge in [0.2, 0.25) is 0 Å². The van der Waals surface area contributed by atoms with Gasteiger partial charge in [-0.3, -0.25) is 0 Å². The molecule has 1 N–H and O–H groups in total. The fourth-order valence-electron chi connectivity index (χ4n) is 1.55. The van der Waals surface area contributed by atoms with Crippen molar-refractivity contribution >= 4 is 29.2 Å². The van der Waals surface area contributed by atoms with Crippen LogP contribution in [0.2, 0.25) is 0 Å². The molecular weight excluding hydrogens is 349 g/mol. The number of alkyl carbamates (subject to hydrolysis) is 1. The highest BCUT2D eigenvalue weighted by atomic mass is 32.2. The van der Waals surface area contributed by atoms with E-state index in [1.165, 1.54) is 23.1 Å². The molecule has 0 saturated carbocycles. The van der Waals surface area contributed by atoms with Crippen molar-refractivity contribution < 1.29 is 22.7 Å². The van der Waals surface area contributed by atoms with Crippen molar-refractivity contribution in [3.8, 4) is 11.3 Å². The normalized spacial score (nSPS) is 11.3. The zero-order chi connectivity index (χ0) is 16.7. The van der Waals surface area contributed by atoms with Crippen LogP contribution in [0.25, 0.3) is 11.3 Å². The Kier molecular flexibility index (Phi) is 6.28. The first kappa shape index (κ1) is 17.6. The second-order valence-electron chi connectivity index (χ2n) is 4.33. The van der Waals surface area contributed by atoms with E-state index in [4.69, 9.17) is 0 Å². The van der Waals surface area contributed by atoms with Gasteiger partial charge in [-0.15, -0.1) is 11.3 Å². The molecule has 0 unspecified atom stereocenters. The molecule has 4 nitrogen and oxygen atoms in total. The third-order valence-corrected chi connectivity index (χ3v) is 4.54. The molecule has 0 atom stereocenters. The van der Waals surface area contributed by atoms with Gasteiger partial charge in [0, 0.05) is 23.2 Å². The Hall–Kier alpha value is -1.74. The third kappa shape index (κ3) is 6.49. The minimum atomic E-state index is -4.51. The fourth-order valence-corrected chi connectivity index (χ4v) is 3.32. The highest BCUT2D eigenvalue weighted by Crippen LogP contribution is 2.27. The van der Waals surface area contributed by atoms with Gasteiger partial charge in [0.25, 0.3) is 0 Å². The number of hydrogen-bond donors (Lipinski definition) is 1. The first-order valence-electron chi connectivity index (χ1n) is 6.55. The number of ether oxygens (including phenoxy) is 1. The Morgan fingerprint density at radius 1 is 1.30 bits per heavy atom. The van der Waals surface area contributed by atoms with Crippen LogP contribution in [0.5, 0.6) is 0 Å². The van der Waals surface area contributed by atoms with Gasteiger partial charge in [-0.2, -0.15) is 13.2 Å². The molecule has 0 fully saturated rings.